The van der Waals surface area contributed by atoms with Crippen LogP contribution in [0.3, 0.4) is 0 Å². The fraction of sp³-hybridized carbons (Fsp3) is 0.533. The van der Waals surface area contributed by atoms with Gasteiger partial charge in [-0.1, -0.05) is 0 Å². The van der Waals surface area contributed by atoms with Gasteiger partial charge in [0.1, 0.15) is 5.60 Å². The second-order valence-corrected chi connectivity index (χ2v) is 5.96. The zero-order valence-corrected chi connectivity index (χ0v) is 13.3. The van der Waals surface area contributed by atoms with Crippen molar-refractivity contribution < 1.29 is 14.3 Å². The molecule has 0 aromatic carbocycles. The molecular weight excluding hydrogens is 270 g/mol. The van der Waals surface area contributed by atoms with Crippen LogP contribution in [0.5, 0.6) is 0 Å². The molecule has 0 aliphatic rings. The molecule has 6 heteroatoms. The molecular formula is C15H23N3O3. The Kier molecular flexibility index (Phi) is 5.69. The maximum atomic E-state index is 11.6. The highest BCUT2D eigenvalue weighted by Gasteiger charge is 2.15. The Balaban J connectivity index is 2.66. The minimum Gasteiger partial charge on any atom is -0.444 e. The van der Waals surface area contributed by atoms with E-state index in [0.29, 0.717) is 13.1 Å². The third-order valence-electron chi connectivity index (χ3n) is 2.68. The molecule has 0 aliphatic heterocycles. The lowest BCUT2D eigenvalue weighted by Crippen LogP contribution is -2.32. The first-order valence-electron chi connectivity index (χ1n) is 6.78. The first-order chi connectivity index (χ1) is 9.71. The van der Waals surface area contributed by atoms with Crippen LogP contribution < -0.4 is 5.32 Å². The number of ether oxygens (including phenoxy) is 1. The number of amides is 2. The number of alkyl carbamates (subject to hydrolysis) is 1. The number of nitrogens with one attached hydrogen (secondary N) is 1. The molecule has 0 aliphatic carbocycles. The molecule has 1 aromatic rings. The van der Waals surface area contributed by atoms with Gasteiger partial charge in [0.05, 0.1) is 0 Å². The average Bonchev–Trinajstić information content (AvgIpc) is 2.37. The quantitative estimate of drug-likeness (QED) is 0.843. The molecule has 0 radical (unpaired) electrons. The number of carbonyl (C=O) groups excluding carboxylic acids is 2. The van der Waals surface area contributed by atoms with Crippen LogP contribution in [-0.4, -0.2) is 35.0 Å². The van der Waals surface area contributed by atoms with Crippen LogP contribution in [0.4, 0.5) is 4.79 Å². The van der Waals surface area contributed by atoms with Gasteiger partial charge in [-0.05, 0) is 44.9 Å². The summed E-state index contributed by atoms with van der Waals surface area (Å²) in [4.78, 5) is 28.1. The fourth-order valence-electron chi connectivity index (χ4n) is 1.68. The SMILES string of the molecule is Cc1ncc(CNC(=O)OC(C)(C)C)cc1CN(C)C=O. The van der Waals surface area contributed by atoms with Gasteiger partial charge in [-0.15, -0.1) is 0 Å². The predicted molar refractivity (Wildman–Crippen MR) is 79.6 cm³/mol. The molecule has 6 nitrogen and oxygen atoms in total. The van der Waals surface area contributed by atoms with Crippen molar-refractivity contribution in [3.63, 3.8) is 0 Å². The third kappa shape index (κ3) is 6.25. The number of nitrogens with zero attached hydrogens (tertiary/aromatic N) is 2. The molecule has 0 saturated carbocycles. The molecule has 0 atom stereocenters. The van der Waals surface area contributed by atoms with Gasteiger partial charge < -0.3 is 15.0 Å². The highest BCUT2D eigenvalue weighted by atomic mass is 16.6. The summed E-state index contributed by atoms with van der Waals surface area (Å²) in [7, 11) is 1.71. The summed E-state index contributed by atoms with van der Waals surface area (Å²) in [5.74, 6) is 0. The smallest absolute Gasteiger partial charge is 0.407 e. The Bertz CT molecular complexity index is 509. The summed E-state index contributed by atoms with van der Waals surface area (Å²) in [5.41, 5.74) is 2.16. The van der Waals surface area contributed by atoms with Crippen LogP contribution in [0.1, 0.15) is 37.6 Å². The summed E-state index contributed by atoms with van der Waals surface area (Å²) in [6.07, 6.45) is 2.01. The number of aryl methyl sites for hydroxylation is 1. The van der Waals surface area contributed by atoms with E-state index in [9.17, 15) is 9.59 Å². The Labute approximate surface area is 125 Å². The molecule has 1 N–H and O–H groups in total. The van der Waals surface area contributed by atoms with Crippen LogP contribution >= 0.6 is 0 Å². The van der Waals surface area contributed by atoms with E-state index in [1.54, 1.807) is 13.2 Å². The number of carbonyl (C=O) groups is 2. The zero-order chi connectivity index (χ0) is 16.0. The first kappa shape index (κ1) is 16.9. The Morgan fingerprint density at radius 3 is 2.71 bits per heavy atom. The maximum Gasteiger partial charge on any atom is 0.407 e. The first-order valence-corrected chi connectivity index (χ1v) is 6.78. The molecule has 21 heavy (non-hydrogen) atoms. The standard InChI is InChI=1S/C15H23N3O3/c1-11-13(9-18(5)10-19)6-12(7-16-11)8-17-14(20)21-15(2,3)4/h6-7,10H,8-9H2,1-5H3,(H,17,20). The van der Waals surface area contributed by atoms with Gasteiger partial charge in [-0.2, -0.15) is 0 Å². The van der Waals surface area contributed by atoms with Crippen molar-refractivity contribution in [3.05, 3.63) is 29.1 Å². The van der Waals surface area contributed by atoms with Crippen LogP contribution in [-0.2, 0) is 22.6 Å². The Hall–Kier alpha value is -2.11. The van der Waals surface area contributed by atoms with E-state index in [4.69, 9.17) is 4.74 Å². The second kappa shape index (κ2) is 7.06. The largest absolute Gasteiger partial charge is 0.444 e. The number of hydrogen-bond donors (Lipinski definition) is 1. The summed E-state index contributed by atoms with van der Waals surface area (Å²) >= 11 is 0. The van der Waals surface area contributed by atoms with Crippen molar-refractivity contribution >= 4 is 12.5 Å². The minimum absolute atomic E-state index is 0.333. The van der Waals surface area contributed by atoms with E-state index < -0.39 is 11.7 Å². The molecule has 116 valence electrons. The van der Waals surface area contributed by atoms with Crippen molar-refractivity contribution in [2.75, 3.05) is 7.05 Å². The number of rotatable bonds is 5. The van der Waals surface area contributed by atoms with Gasteiger partial charge in [0.25, 0.3) is 0 Å². The molecule has 2 amide bonds. The highest BCUT2D eigenvalue weighted by Crippen LogP contribution is 2.11. The fourth-order valence-corrected chi connectivity index (χ4v) is 1.68. The van der Waals surface area contributed by atoms with E-state index in [1.165, 1.54) is 4.90 Å². The van der Waals surface area contributed by atoms with Gasteiger partial charge >= 0.3 is 6.09 Å². The molecule has 0 fully saturated rings. The van der Waals surface area contributed by atoms with Crippen molar-refractivity contribution in [2.45, 2.75) is 46.4 Å². The summed E-state index contributed by atoms with van der Waals surface area (Å²) < 4.78 is 5.17. The predicted octanol–water partition coefficient (Wildman–Crippen LogP) is 2.00. The van der Waals surface area contributed by atoms with Crippen LogP contribution in [0.2, 0.25) is 0 Å². The maximum absolute atomic E-state index is 11.6. The molecule has 0 unspecified atom stereocenters. The lowest BCUT2D eigenvalue weighted by atomic mass is 10.1. The summed E-state index contributed by atoms with van der Waals surface area (Å²) in [6, 6.07) is 1.93. The number of aromatic nitrogens is 1. The summed E-state index contributed by atoms with van der Waals surface area (Å²) in [5, 5.41) is 2.69. The summed E-state index contributed by atoms with van der Waals surface area (Å²) in [6.45, 7) is 8.15. The van der Waals surface area contributed by atoms with Gasteiger partial charge in [-0.25, -0.2) is 4.79 Å². The third-order valence-corrected chi connectivity index (χ3v) is 2.68. The lowest BCUT2D eigenvalue weighted by molar-refractivity contribution is -0.117. The molecule has 1 rings (SSSR count). The monoisotopic (exact) mass is 293 g/mol. The Morgan fingerprint density at radius 2 is 2.14 bits per heavy atom. The molecule has 0 saturated heterocycles. The highest BCUT2D eigenvalue weighted by molar-refractivity contribution is 5.67. The van der Waals surface area contributed by atoms with Gasteiger partial charge in [0.15, 0.2) is 0 Å². The number of hydrogen-bond acceptors (Lipinski definition) is 4. The molecule has 0 spiro atoms. The molecule has 0 bridgehead atoms. The Morgan fingerprint density at radius 1 is 1.48 bits per heavy atom. The van der Waals surface area contributed by atoms with Gasteiger partial charge in [0.2, 0.25) is 6.41 Å². The number of pyridine rings is 1. The van der Waals surface area contributed by atoms with E-state index in [2.05, 4.69) is 10.3 Å². The van der Waals surface area contributed by atoms with E-state index >= 15 is 0 Å². The van der Waals surface area contributed by atoms with Crippen molar-refractivity contribution in [1.29, 1.82) is 0 Å². The van der Waals surface area contributed by atoms with Crippen LogP contribution in [0, 0.1) is 6.92 Å². The van der Waals surface area contributed by atoms with Crippen LogP contribution in [0.25, 0.3) is 0 Å². The van der Waals surface area contributed by atoms with Crippen LogP contribution in [0.15, 0.2) is 12.3 Å². The molecule has 1 aromatic heterocycles. The van der Waals surface area contributed by atoms with Crippen molar-refractivity contribution in [2.24, 2.45) is 0 Å². The van der Waals surface area contributed by atoms with Crippen molar-refractivity contribution in [3.8, 4) is 0 Å². The second-order valence-electron chi connectivity index (χ2n) is 5.96. The van der Waals surface area contributed by atoms with Gasteiger partial charge in [-0.3, -0.25) is 9.78 Å². The van der Waals surface area contributed by atoms with E-state index in [1.807, 2.05) is 33.8 Å². The zero-order valence-electron chi connectivity index (χ0n) is 13.3. The van der Waals surface area contributed by atoms with Gasteiger partial charge in [0, 0.05) is 32.0 Å². The lowest BCUT2D eigenvalue weighted by Gasteiger charge is -2.20. The normalized spacial score (nSPS) is 10.9. The van der Waals surface area contributed by atoms with Crippen molar-refractivity contribution in [1.82, 2.24) is 15.2 Å². The topological polar surface area (TPSA) is 71.5 Å². The van der Waals surface area contributed by atoms with E-state index in [-0.39, 0.29) is 0 Å². The minimum atomic E-state index is -0.520. The molecule has 1 heterocycles. The average molecular weight is 293 g/mol. The van der Waals surface area contributed by atoms with E-state index in [0.717, 1.165) is 23.2 Å².